The van der Waals surface area contributed by atoms with Crippen molar-refractivity contribution in [1.29, 1.82) is 0 Å². The summed E-state index contributed by atoms with van der Waals surface area (Å²) in [5.74, 6) is 0.154. The van der Waals surface area contributed by atoms with Gasteiger partial charge in [0.05, 0.1) is 12.6 Å². The third-order valence-electron chi connectivity index (χ3n) is 4.03. The van der Waals surface area contributed by atoms with Crippen LogP contribution in [0.5, 0.6) is 0 Å². The Morgan fingerprint density at radius 3 is 2.77 bits per heavy atom. The van der Waals surface area contributed by atoms with E-state index in [-0.39, 0.29) is 12.0 Å². The predicted octanol–water partition coefficient (Wildman–Crippen LogP) is 2.93. The number of hydrogen-bond donors (Lipinski definition) is 0. The molecule has 122 valence electrons. The summed E-state index contributed by atoms with van der Waals surface area (Å²) >= 11 is 0. The highest BCUT2D eigenvalue weighted by Crippen LogP contribution is 2.17. The zero-order valence-electron chi connectivity index (χ0n) is 13.8. The second-order valence-corrected chi connectivity index (χ2v) is 5.84. The van der Waals surface area contributed by atoms with Gasteiger partial charge in [0.2, 0.25) is 5.91 Å². The van der Waals surface area contributed by atoms with E-state index in [2.05, 4.69) is 11.8 Å². The molecular weight excluding hydrogens is 276 g/mol. The molecule has 0 saturated carbocycles. The molecule has 0 aliphatic carbocycles. The summed E-state index contributed by atoms with van der Waals surface area (Å²) < 4.78 is 5.99. The number of anilines is 1. The SMILES string of the molecule is CCCN1CCCOC(CN(C(=O)CC)c2ccccc2)C1. The van der Waals surface area contributed by atoms with Crippen LogP contribution in [0, 0.1) is 0 Å². The molecule has 22 heavy (non-hydrogen) atoms. The molecule has 1 atom stereocenters. The van der Waals surface area contributed by atoms with Crippen LogP contribution in [0.4, 0.5) is 5.69 Å². The minimum absolute atomic E-state index is 0.0877. The maximum atomic E-state index is 12.3. The molecule has 1 saturated heterocycles. The molecule has 1 aliphatic heterocycles. The first-order chi connectivity index (χ1) is 10.7. The first kappa shape index (κ1) is 17.0. The Labute approximate surface area is 134 Å². The molecule has 0 bridgehead atoms. The lowest BCUT2D eigenvalue weighted by atomic mass is 10.2. The fraction of sp³-hybridized carbons (Fsp3) is 0.611. The van der Waals surface area contributed by atoms with E-state index in [9.17, 15) is 4.79 Å². The van der Waals surface area contributed by atoms with Crippen molar-refractivity contribution >= 4 is 11.6 Å². The molecular formula is C18H28N2O2. The van der Waals surface area contributed by atoms with Crippen molar-refractivity contribution in [3.05, 3.63) is 30.3 Å². The van der Waals surface area contributed by atoms with Gasteiger partial charge in [0.15, 0.2) is 0 Å². The number of rotatable bonds is 6. The van der Waals surface area contributed by atoms with Gasteiger partial charge in [-0.05, 0) is 31.5 Å². The van der Waals surface area contributed by atoms with Crippen molar-refractivity contribution in [2.75, 3.05) is 37.7 Å². The van der Waals surface area contributed by atoms with E-state index in [1.165, 1.54) is 0 Å². The lowest BCUT2D eigenvalue weighted by Gasteiger charge is -2.29. The molecule has 1 fully saturated rings. The molecule has 1 aliphatic rings. The Morgan fingerprint density at radius 2 is 2.09 bits per heavy atom. The maximum absolute atomic E-state index is 12.3. The van der Waals surface area contributed by atoms with Gasteiger partial charge in [-0.3, -0.25) is 4.79 Å². The highest BCUT2D eigenvalue weighted by atomic mass is 16.5. The first-order valence-electron chi connectivity index (χ1n) is 8.44. The smallest absolute Gasteiger partial charge is 0.226 e. The second-order valence-electron chi connectivity index (χ2n) is 5.84. The Morgan fingerprint density at radius 1 is 1.32 bits per heavy atom. The Balaban J connectivity index is 2.07. The van der Waals surface area contributed by atoms with Crippen LogP contribution < -0.4 is 4.90 Å². The summed E-state index contributed by atoms with van der Waals surface area (Å²) in [7, 11) is 0. The van der Waals surface area contributed by atoms with E-state index in [0.717, 1.165) is 44.8 Å². The average molecular weight is 304 g/mol. The van der Waals surface area contributed by atoms with E-state index >= 15 is 0 Å². The van der Waals surface area contributed by atoms with Gasteiger partial charge in [-0.15, -0.1) is 0 Å². The highest BCUT2D eigenvalue weighted by molar-refractivity contribution is 5.93. The third-order valence-corrected chi connectivity index (χ3v) is 4.03. The molecule has 4 heteroatoms. The minimum atomic E-state index is 0.0877. The largest absolute Gasteiger partial charge is 0.375 e. The van der Waals surface area contributed by atoms with Gasteiger partial charge in [0.1, 0.15) is 0 Å². The number of benzene rings is 1. The molecule has 4 nitrogen and oxygen atoms in total. The molecule has 1 amide bonds. The fourth-order valence-electron chi connectivity index (χ4n) is 2.95. The van der Waals surface area contributed by atoms with E-state index < -0.39 is 0 Å². The van der Waals surface area contributed by atoms with E-state index in [1.807, 2.05) is 42.2 Å². The maximum Gasteiger partial charge on any atom is 0.226 e. The van der Waals surface area contributed by atoms with E-state index in [4.69, 9.17) is 4.74 Å². The van der Waals surface area contributed by atoms with Gasteiger partial charge in [-0.1, -0.05) is 32.0 Å². The van der Waals surface area contributed by atoms with E-state index in [0.29, 0.717) is 13.0 Å². The molecule has 0 spiro atoms. The molecule has 1 heterocycles. The zero-order valence-corrected chi connectivity index (χ0v) is 13.8. The Kier molecular flexibility index (Phi) is 6.87. The van der Waals surface area contributed by atoms with Crippen molar-refractivity contribution in [2.24, 2.45) is 0 Å². The van der Waals surface area contributed by atoms with Crippen LogP contribution in [-0.4, -0.2) is 49.7 Å². The van der Waals surface area contributed by atoms with Crippen LogP contribution in [0.2, 0.25) is 0 Å². The minimum Gasteiger partial charge on any atom is -0.375 e. The van der Waals surface area contributed by atoms with Gasteiger partial charge in [-0.25, -0.2) is 0 Å². The number of amides is 1. The van der Waals surface area contributed by atoms with Crippen LogP contribution in [0.3, 0.4) is 0 Å². The Bertz CT molecular complexity index is 450. The van der Waals surface area contributed by atoms with Crippen LogP contribution in [0.25, 0.3) is 0 Å². The van der Waals surface area contributed by atoms with Gasteiger partial charge in [-0.2, -0.15) is 0 Å². The highest BCUT2D eigenvalue weighted by Gasteiger charge is 2.23. The number of para-hydroxylation sites is 1. The third kappa shape index (κ3) is 4.82. The predicted molar refractivity (Wildman–Crippen MR) is 90.2 cm³/mol. The van der Waals surface area contributed by atoms with Crippen LogP contribution in [0.1, 0.15) is 33.1 Å². The van der Waals surface area contributed by atoms with Crippen LogP contribution in [-0.2, 0) is 9.53 Å². The molecule has 1 aromatic carbocycles. The monoisotopic (exact) mass is 304 g/mol. The molecule has 0 radical (unpaired) electrons. The Hall–Kier alpha value is -1.39. The summed E-state index contributed by atoms with van der Waals surface area (Å²) in [4.78, 5) is 16.7. The summed E-state index contributed by atoms with van der Waals surface area (Å²) in [6.45, 7) is 8.65. The first-order valence-corrected chi connectivity index (χ1v) is 8.44. The number of carbonyl (C=O) groups is 1. The average Bonchev–Trinajstić information content (AvgIpc) is 2.78. The van der Waals surface area contributed by atoms with Crippen LogP contribution in [0.15, 0.2) is 30.3 Å². The van der Waals surface area contributed by atoms with E-state index in [1.54, 1.807) is 0 Å². The second kappa shape index (κ2) is 8.91. The summed E-state index contributed by atoms with van der Waals surface area (Å²) in [5.41, 5.74) is 0.962. The van der Waals surface area contributed by atoms with Crippen molar-refractivity contribution in [2.45, 2.75) is 39.2 Å². The van der Waals surface area contributed by atoms with Crippen molar-refractivity contribution < 1.29 is 9.53 Å². The number of carbonyl (C=O) groups excluding carboxylic acids is 1. The molecule has 1 aromatic rings. The van der Waals surface area contributed by atoms with Gasteiger partial charge in [0, 0.05) is 31.8 Å². The fourth-order valence-corrected chi connectivity index (χ4v) is 2.95. The number of nitrogens with zero attached hydrogens (tertiary/aromatic N) is 2. The van der Waals surface area contributed by atoms with Gasteiger partial charge < -0.3 is 14.5 Å². The zero-order chi connectivity index (χ0) is 15.8. The van der Waals surface area contributed by atoms with Crippen LogP contribution >= 0.6 is 0 Å². The lowest BCUT2D eigenvalue weighted by Crippen LogP contribution is -2.43. The molecule has 2 rings (SSSR count). The van der Waals surface area contributed by atoms with Gasteiger partial charge in [0.25, 0.3) is 0 Å². The molecule has 1 unspecified atom stereocenters. The van der Waals surface area contributed by atoms with Crippen molar-refractivity contribution in [3.63, 3.8) is 0 Å². The standard InChI is InChI=1S/C18H28N2O2/c1-3-11-19-12-8-13-22-17(14-19)15-20(18(21)4-2)16-9-6-5-7-10-16/h5-7,9-10,17H,3-4,8,11-15H2,1-2H3. The van der Waals surface area contributed by atoms with Gasteiger partial charge >= 0.3 is 0 Å². The summed E-state index contributed by atoms with van der Waals surface area (Å²) in [6.07, 6.45) is 2.83. The summed E-state index contributed by atoms with van der Waals surface area (Å²) in [6, 6.07) is 9.91. The molecule has 0 aromatic heterocycles. The quantitative estimate of drug-likeness (QED) is 0.810. The number of ether oxygens (including phenoxy) is 1. The van der Waals surface area contributed by atoms with Crippen molar-refractivity contribution in [1.82, 2.24) is 4.90 Å². The topological polar surface area (TPSA) is 32.8 Å². The summed E-state index contributed by atoms with van der Waals surface area (Å²) in [5, 5.41) is 0. The van der Waals surface area contributed by atoms with Crippen molar-refractivity contribution in [3.8, 4) is 0 Å². The molecule has 0 N–H and O–H groups in total. The lowest BCUT2D eigenvalue weighted by molar-refractivity contribution is -0.118. The normalized spacial score (nSPS) is 19.6. The number of hydrogen-bond acceptors (Lipinski definition) is 3.